The number of carboxylic acid groups (broad SMARTS) is 1. The summed E-state index contributed by atoms with van der Waals surface area (Å²) in [6.45, 7) is 7.54. The van der Waals surface area contributed by atoms with Gasteiger partial charge in [0, 0.05) is 67.4 Å². The van der Waals surface area contributed by atoms with E-state index < -0.39 is 11.9 Å². The van der Waals surface area contributed by atoms with Crippen LogP contribution in [0.1, 0.15) is 18.9 Å². The number of anilines is 1. The van der Waals surface area contributed by atoms with Gasteiger partial charge in [-0.3, -0.25) is 4.90 Å². The van der Waals surface area contributed by atoms with Crippen molar-refractivity contribution >= 4 is 35.0 Å². The summed E-state index contributed by atoms with van der Waals surface area (Å²) < 4.78 is 20.7. The van der Waals surface area contributed by atoms with E-state index in [4.69, 9.17) is 42.5 Å². The number of hydrogen-bond donors (Lipinski definition) is 2. The molecule has 3 heterocycles. The van der Waals surface area contributed by atoms with Gasteiger partial charge >= 0.3 is 6.09 Å². The molecule has 0 bridgehead atoms. The lowest BCUT2D eigenvalue weighted by atomic mass is 10.1. The van der Waals surface area contributed by atoms with E-state index in [-0.39, 0.29) is 12.1 Å². The number of benzene rings is 2. The van der Waals surface area contributed by atoms with Crippen molar-refractivity contribution in [2.45, 2.75) is 37.8 Å². The third-order valence-electron chi connectivity index (χ3n) is 7.41. The average molecular weight is 605 g/mol. The van der Waals surface area contributed by atoms with Gasteiger partial charge in [-0.05, 0) is 49.7 Å². The number of carbonyl (C=O) groups is 1. The van der Waals surface area contributed by atoms with E-state index in [0.717, 1.165) is 50.6 Å². The van der Waals surface area contributed by atoms with Gasteiger partial charge in [0.15, 0.2) is 0 Å². The van der Waals surface area contributed by atoms with Crippen LogP contribution >= 0.6 is 23.2 Å². The number of nitrogens with zero attached hydrogens (tertiary/aromatic N) is 4. The molecule has 0 saturated carbocycles. The van der Waals surface area contributed by atoms with E-state index in [1.807, 2.05) is 35.9 Å². The number of piperazine rings is 1. The van der Waals surface area contributed by atoms with Gasteiger partial charge < -0.3 is 34.1 Å². The number of hydrogen-bond acceptors (Lipinski definition) is 7. The first kappa shape index (κ1) is 29.5. The predicted molar refractivity (Wildman–Crippen MR) is 157 cm³/mol. The molecule has 0 aliphatic carbocycles. The molecular weight excluding hydrogens is 569 g/mol. The molecule has 2 aliphatic heterocycles. The second kappa shape index (κ2) is 13.3. The van der Waals surface area contributed by atoms with E-state index in [2.05, 4.69) is 32.2 Å². The molecule has 3 unspecified atom stereocenters. The molecule has 5 rings (SSSR count). The van der Waals surface area contributed by atoms with Crippen molar-refractivity contribution in [3.8, 4) is 5.75 Å². The summed E-state index contributed by atoms with van der Waals surface area (Å²) in [6.07, 6.45) is 4.80. The number of amides is 1. The molecule has 2 aliphatic rings. The molecule has 41 heavy (non-hydrogen) atoms. The molecule has 1 aromatic heterocycles. The molecule has 220 valence electrons. The maximum Gasteiger partial charge on any atom is 0.404 e. The first-order valence-corrected chi connectivity index (χ1v) is 14.5. The highest BCUT2D eigenvalue weighted by molar-refractivity contribution is 6.35. The lowest BCUT2D eigenvalue weighted by molar-refractivity contribution is -0.189. The minimum atomic E-state index is -1.09. The maximum absolute atomic E-state index is 10.8. The first-order chi connectivity index (χ1) is 19.8. The van der Waals surface area contributed by atoms with Crippen molar-refractivity contribution in [2.75, 3.05) is 50.8 Å². The maximum atomic E-state index is 10.8. The number of ether oxygens (including phenoxy) is 3. The molecule has 3 aromatic rings. The Balaban J connectivity index is 1.13. The van der Waals surface area contributed by atoms with Gasteiger partial charge in [0.05, 0.1) is 24.5 Å². The van der Waals surface area contributed by atoms with Gasteiger partial charge in [0.1, 0.15) is 18.5 Å². The van der Waals surface area contributed by atoms with Crippen LogP contribution in [0.2, 0.25) is 10.0 Å². The van der Waals surface area contributed by atoms with Crippen LogP contribution in [0.4, 0.5) is 10.5 Å². The third-order valence-corrected chi connectivity index (χ3v) is 7.96. The van der Waals surface area contributed by atoms with Gasteiger partial charge in [-0.15, -0.1) is 0 Å². The van der Waals surface area contributed by atoms with E-state index in [1.54, 1.807) is 24.7 Å². The molecule has 0 radical (unpaired) electrons. The Labute approximate surface area is 249 Å². The van der Waals surface area contributed by atoms with Gasteiger partial charge in [0.2, 0.25) is 5.79 Å². The van der Waals surface area contributed by atoms with Crippen molar-refractivity contribution in [3.05, 3.63) is 76.8 Å². The Morgan fingerprint density at radius 1 is 1.20 bits per heavy atom. The molecule has 2 fully saturated rings. The number of imidazole rings is 1. The number of aromatic nitrogens is 2. The van der Waals surface area contributed by atoms with Crippen LogP contribution in [0.5, 0.6) is 5.75 Å². The molecule has 2 saturated heterocycles. The number of rotatable bonds is 11. The van der Waals surface area contributed by atoms with Crippen LogP contribution in [0.15, 0.2) is 61.2 Å². The van der Waals surface area contributed by atoms with Crippen molar-refractivity contribution in [1.29, 1.82) is 0 Å². The predicted octanol–water partition coefficient (Wildman–Crippen LogP) is 4.71. The van der Waals surface area contributed by atoms with Crippen molar-refractivity contribution in [3.63, 3.8) is 0 Å². The minimum Gasteiger partial charge on any atom is -0.491 e. The normalized spacial score (nSPS) is 22.0. The average Bonchev–Trinajstić information content (AvgIpc) is 3.62. The first-order valence-electron chi connectivity index (χ1n) is 13.7. The van der Waals surface area contributed by atoms with Crippen molar-refractivity contribution < 1.29 is 24.1 Å². The van der Waals surface area contributed by atoms with E-state index >= 15 is 0 Å². The topological polar surface area (TPSA) is 101 Å². The molecule has 2 aromatic carbocycles. The minimum absolute atomic E-state index is 0.0531. The lowest BCUT2D eigenvalue weighted by Crippen LogP contribution is -2.47. The number of nitrogens with one attached hydrogen (secondary N) is 1. The molecule has 2 N–H and O–H groups in total. The lowest BCUT2D eigenvalue weighted by Gasteiger charge is -2.36. The Morgan fingerprint density at radius 3 is 2.66 bits per heavy atom. The van der Waals surface area contributed by atoms with E-state index in [1.165, 1.54) is 0 Å². The van der Waals surface area contributed by atoms with E-state index in [0.29, 0.717) is 35.4 Å². The van der Waals surface area contributed by atoms with Gasteiger partial charge in [-0.25, -0.2) is 9.78 Å². The Kier molecular flexibility index (Phi) is 9.57. The molecule has 3 atom stereocenters. The summed E-state index contributed by atoms with van der Waals surface area (Å²) in [5.74, 6) is -0.333. The highest BCUT2D eigenvalue weighted by Crippen LogP contribution is 2.40. The van der Waals surface area contributed by atoms with Crippen molar-refractivity contribution in [2.24, 2.45) is 0 Å². The van der Waals surface area contributed by atoms with Crippen LogP contribution in [0.25, 0.3) is 0 Å². The molecule has 1 amide bonds. The zero-order chi connectivity index (χ0) is 28.8. The standard InChI is InChI=1S/C29H35Cl2N5O5/c1-21(33-28(37)38)8-10-34-12-14-36(15-13-34)23-3-5-24(6-4-23)39-17-25-18-40-29(41-25,19-35-11-9-32-20-35)26-7-2-22(30)16-27(26)31/h2-7,9,11,16,20-21,25,33H,8,10,12-15,17-19H2,1H3,(H,37,38). The summed E-state index contributed by atoms with van der Waals surface area (Å²) >= 11 is 12.7. The summed E-state index contributed by atoms with van der Waals surface area (Å²) in [5.41, 5.74) is 1.85. The van der Waals surface area contributed by atoms with Crippen molar-refractivity contribution in [1.82, 2.24) is 19.8 Å². The third kappa shape index (κ3) is 7.64. The molecular formula is C29H35Cl2N5O5. The summed E-state index contributed by atoms with van der Waals surface area (Å²) in [6, 6.07) is 13.4. The van der Waals surface area contributed by atoms with Gasteiger partial charge in [-0.2, -0.15) is 0 Å². The quantitative estimate of drug-likeness (QED) is 0.325. The smallest absolute Gasteiger partial charge is 0.404 e. The van der Waals surface area contributed by atoms with Gasteiger partial charge in [-0.1, -0.05) is 29.3 Å². The SMILES string of the molecule is CC(CCN1CCN(c2ccc(OCC3COC(Cn4ccnc4)(c4ccc(Cl)cc4Cl)O3)cc2)CC1)NC(=O)O. The highest BCUT2D eigenvalue weighted by Gasteiger charge is 2.45. The fourth-order valence-electron chi connectivity index (χ4n) is 5.21. The summed E-state index contributed by atoms with van der Waals surface area (Å²) in [4.78, 5) is 19.6. The summed E-state index contributed by atoms with van der Waals surface area (Å²) in [5, 5.41) is 12.4. The zero-order valence-electron chi connectivity index (χ0n) is 22.9. The molecule has 10 nitrogen and oxygen atoms in total. The zero-order valence-corrected chi connectivity index (χ0v) is 24.4. The fraction of sp³-hybridized carbons (Fsp3) is 0.448. The monoisotopic (exact) mass is 603 g/mol. The fourth-order valence-corrected chi connectivity index (χ4v) is 5.76. The van der Waals surface area contributed by atoms with E-state index in [9.17, 15) is 4.79 Å². The Morgan fingerprint density at radius 2 is 1.98 bits per heavy atom. The van der Waals surface area contributed by atoms with Crippen LogP contribution in [-0.4, -0.2) is 83.7 Å². The second-order valence-corrected chi connectivity index (χ2v) is 11.3. The van der Waals surface area contributed by atoms with Gasteiger partial charge in [0.25, 0.3) is 0 Å². The highest BCUT2D eigenvalue weighted by atomic mass is 35.5. The van der Waals surface area contributed by atoms with Crippen LogP contribution in [-0.2, 0) is 21.8 Å². The largest absolute Gasteiger partial charge is 0.491 e. The second-order valence-electron chi connectivity index (χ2n) is 10.4. The summed E-state index contributed by atoms with van der Waals surface area (Å²) in [7, 11) is 0. The van der Waals surface area contributed by atoms with Crippen LogP contribution < -0.4 is 15.0 Å². The van der Waals surface area contributed by atoms with Crippen LogP contribution in [0, 0.1) is 0 Å². The van der Waals surface area contributed by atoms with Crippen LogP contribution in [0.3, 0.4) is 0 Å². The Hall–Kier alpha value is -3.02. The molecule has 12 heteroatoms. The molecule has 0 spiro atoms. The number of halogens is 2. The Bertz CT molecular complexity index is 1290.